The van der Waals surface area contributed by atoms with E-state index >= 15 is 0 Å². The van der Waals surface area contributed by atoms with Crippen molar-refractivity contribution in [3.63, 3.8) is 0 Å². The van der Waals surface area contributed by atoms with Crippen molar-refractivity contribution >= 4 is 29.2 Å². The standard InChI is InChI=1S/C22H26Cl2N2O3/c1-6-7-8-29-14-10-12-9-13(22(3,4)5)15-17(23)16(21(27)28)20(24)26-19(15)18(12)25-11(14)2/h10,13H,6-9H2,1-5H3,(H,27,28). The molecule has 0 aromatic carbocycles. The van der Waals surface area contributed by atoms with Gasteiger partial charge in [0.15, 0.2) is 0 Å². The molecule has 1 unspecified atom stereocenters. The van der Waals surface area contributed by atoms with Crippen molar-refractivity contribution in [3.8, 4) is 17.1 Å². The van der Waals surface area contributed by atoms with Crippen LogP contribution in [0.2, 0.25) is 10.2 Å². The second-order valence-corrected chi connectivity index (χ2v) is 9.30. The molecule has 0 radical (unpaired) electrons. The van der Waals surface area contributed by atoms with E-state index in [4.69, 9.17) is 32.9 Å². The molecule has 156 valence electrons. The molecule has 5 nitrogen and oxygen atoms in total. The van der Waals surface area contributed by atoms with Gasteiger partial charge < -0.3 is 9.84 Å². The Morgan fingerprint density at radius 2 is 1.97 bits per heavy atom. The van der Waals surface area contributed by atoms with Gasteiger partial charge in [0, 0.05) is 5.56 Å². The summed E-state index contributed by atoms with van der Waals surface area (Å²) in [6.45, 7) is 11.0. The van der Waals surface area contributed by atoms with Gasteiger partial charge in [0.05, 0.1) is 28.7 Å². The van der Waals surface area contributed by atoms with E-state index < -0.39 is 5.97 Å². The molecule has 0 aliphatic heterocycles. The Kier molecular flexibility index (Phi) is 6.11. The molecule has 1 aliphatic rings. The van der Waals surface area contributed by atoms with Gasteiger partial charge in [-0.25, -0.2) is 14.8 Å². The van der Waals surface area contributed by atoms with Crippen LogP contribution in [0.15, 0.2) is 6.07 Å². The number of unbranched alkanes of at least 4 members (excludes halogenated alkanes) is 1. The molecule has 3 rings (SSSR count). The molecular formula is C22H26Cl2N2O3. The topological polar surface area (TPSA) is 72.3 Å². The highest BCUT2D eigenvalue weighted by molar-refractivity contribution is 6.39. The van der Waals surface area contributed by atoms with Crippen molar-refractivity contribution < 1.29 is 14.6 Å². The maximum atomic E-state index is 11.7. The quantitative estimate of drug-likeness (QED) is 0.438. The lowest BCUT2D eigenvalue weighted by Crippen LogP contribution is -2.27. The van der Waals surface area contributed by atoms with Gasteiger partial charge in [0.25, 0.3) is 0 Å². The summed E-state index contributed by atoms with van der Waals surface area (Å²) in [6.07, 6.45) is 2.71. The van der Waals surface area contributed by atoms with Crippen molar-refractivity contribution in [2.45, 2.75) is 59.8 Å². The number of hydrogen-bond acceptors (Lipinski definition) is 4. The van der Waals surface area contributed by atoms with Gasteiger partial charge >= 0.3 is 5.97 Å². The minimum Gasteiger partial charge on any atom is -0.492 e. The Morgan fingerprint density at radius 1 is 1.28 bits per heavy atom. The first-order chi connectivity index (χ1) is 13.6. The number of aryl methyl sites for hydroxylation is 1. The number of nitrogens with zero attached hydrogens (tertiary/aromatic N) is 2. The van der Waals surface area contributed by atoms with Crippen LogP contribution in [-0.4, -0.2) is 27.7 Å². The number of rotatable bonds is 5. The zero-order valence-electron chi connectivity index (χ0n) is 17.4. The molecule has 2 aromatic rings. The average Bonchev–Trinajstić information content (AvgIpc) is 2.60. The fraction of sp³-hybridized carbons (Fsp3) is 0.500. The number of fused-ring (bicyclic) bond motifs is 3. The molecule has 7 heteroatoms. The van der Waals surface area contributed by atoms with Crippen molar-refractivity contribution in [1.82, 2.24) is 9.97 Å². The summed E-state index contributed by atoms with van der Waals surface area (Å²) in [5, 5.41) is 9.61. The maximum absolute atomic E-state index is 11.7. The first-order valence-corrected chi connectivity index (χ1v) is 10.6. The van der Waals surface area contributed by atoms with Gasteiger partial charge in [-0.2, -0.15) is 0 Å². The third-order valence-electron chi connectivity index (χ3n) is 5.38. The molecule has 1 atom stereocenters. The third kappa shape index (κ3) is 4.08. The summed E-state index contributed by atoms with van der Waals surface area (Å²) in [6, 6.07) is 2.03. The van der Waals surface area contributed by atoms with Crippen molar-refractivity contribution in [1.29, 1.82) is 0 Å². The Balaban J connectivity index is 2.23. The number of carboxylic acids is 1. The van der Waals surface area contributed by atoms with Crippen LogP contribution in [0, 0.1) is 12.3 Å². The van der Waals surface area contributed by atoms with Gasteiger partial charge in [-0.15, -0.1) is 0 Å². The van der Waals surface area contributed by atoms with E-state index in [9.17, 15) is 9.90 Å². The largest absolute Gasteiger partial charge is 0.492 e. The number of aromatic nitrogens is 2. The van der Waals surface area contributed by atoms with Crippen LogP contribution in [0.3, 0.4) is 0 Å². The molecule has 0 saturated carbocycles. The molecule has 0 amide bonds. The van der Waals surface area contributed by atoms with E-state index in [2.05, 4.69) is 32.7 Å². The van der Waals surface area contributed by atoms with Crippen LogP contribution in [0.4, 0.5) is 0 Å². The molecule has 0 fully saturated rings. The molecule has 2 aromatic heterocycles. The zero-order valence-corrected chi connectivity index (χ0v) is 18.9. The lowest BCUT2D eigenvalue weighted by molar-refractivity contribution is 0.0696. The van der Waals surface area contributed by atoms with Crippen LogP contribution >= 0.6 is 23.2 Å². The van der Waals surface area contributed by atoms with Crippen LogP contribution in [0.25, 0.3) is 11.4 Å². The molecule has 0 bridgehead atoms. The average molecular weight is 437 g/mol. The number of pyridine rings is 2. The van der Waals surface area contributed by atoms with Gasteiger partial charge in [0.1, 0.15) is 16.5 Å². The number of halogens is 2. The van der Waals surface area contributed by atoms with E-state index in [0.717, 1.165) is 29.8 Å². The Labute approximate surface area is 181 Å². The summed E-state index contributed by atoms with van der Waals surface area (Å²) in [4.78, 5) is 20.9. The van der Waals surface area contributed by atoms with Gasteiger partial charge in [-0.1, -0.05) is 57.3 Å². The summed E-state index contributed by atoms with van der Waals surface area (Å²) < 4.78 is 5.94. The van der Waals surface area contributed by atoms with Crippen molar-refractivity contribution in [2.75, 3.05) is 6.61 Å². The van der Waals surface area contributed by atoms with Crippen LogP contribution in [0.1, 0.15) is 73.6 Å². The zero-order chi connectivity index (χ0) is 21.5. The minimum atomic E-state index is -1.18. The van der Waals surface area contributed by atoms with E-state index in [1.54, 1.807) is 0 Å². The van der Waals surface area contributed by atoms with Crippen molar-refractivity contribution in [3.05, 3.63) is 38.6 Å². The third-order valence-corrected chi connectivity index (χ3v) is 6.05. The lowest BCUT2D eigenvalue weighted by atomic mass is 9.69. The van der Waals surface area contributed by atoms with Crippen LogP contribution < -0.4 is 4.74 Å². The number of carboxylic acid groups (broad SMARTS) is 1. The highest BCUT2D eigenvalue weighted by Gasteiger charge is 2.39. The normalized spacial score (nSPS) is 15.6. The summed E-state index contributed by atoms with van der Waals surface area (Å²) >= 11 is 12.8. The smallest absolute Gasteiger partial charge is 0.340 e. The van der Waals surface area contributed by atoms with E-state index in [-0.39, 0.29) is 27.1 Å². The monoisotopic (exact) mass is 436 g/mol. The first-order valence-electron chi connectivity index (χ1n) is 9.82. The Hall–Kier alpha value is -1.85. The Morgan fingerprint density at radius 3 is 2.55 bits per heavy atom. The first kappa shape index (κ1) is 21.8. The second kappa shape index (κ2) is 8.11. The van der Waals surface area contributed by atoms with E-state index in [1.807, 2.05) is 13.0 Å². The molecule has 1 aliphatic carbocycles. The fourth-order valence-corrected chi connectivity index (χ4v) is 4.44. The van der Waals surface area contributed by atoms with Crippen LogP contribution in [0.5, 0.6) is 5.75 Å². The highest BCUT2D eigenvalue weighted by atomic mass is 35.5. The fourth-order valence-electron chi connectivity index (χ4n) is 3.74. The second-order valence-electron chi connectivity index (χ2n) is 8.56. The summed E-state index contributed by atoms with van der Waals surface area (Å²) in [7, 11) is 0. The lowest BCUT2D eigenvalue weighted by Gasteiger charge is -2.37. The van der Waals surface area contributed by atoms with Gasteiger partial charge in [0.2, 0.25) is 0 Å². The number of carbonyl (C=O) groups is 1. The van der Waals surface area contributed by atoms with E-state index in [0.29, 0.717) is 30.0 Å². The van der Waals surface area contributed by atoms with Crippen LogP contribution in [-0.2, 0) is 6.42 Å². The van der Waals surface area contributed by atoms with Gasteiger partial charge in [-0.3, -0.25) is 0 Å². The van der Waals surface area contributed by atoms with Gasteiger partial charge in [-0.05, 0) is 42.7 Å². The molecule has 29 heavy (non-hydrogen) atoms. The molecule has 1 N–H and O–H groups in total. The number of aromatic carboxylic acids is 1. The van der Waals surface area contributed by atoms with Crippen molar-refractivity contribution in [2.24, 2.45) is 5.41 Å². The SMILES string of the molecule is CCCCOc1cc2c(nc1C)-c1nc(Cl)c(C(=O)O)c(Cl)c1C(C(C)(C)C)C2. The molecule has 0 spiro atoms. The Bertz CT molecular complexity index is 968. The predicted octanol–water partition coefficient (Wildman–Crippen LogP) is 6.32. The molecular weight excluding hydrogens is 411 g/mol. The minimum absolute atomic E-state index is 0.0339. The van der Waals surface area contributed by atoms with E-state index in [1.165, 1.54) is 0 Å². The highest BCUT2D eigenvalue weighted by Crippen LogP contribution is 2.50. The summed E-state index contributed by atoms with van der Waals surface area (Å²) in [5.74, 6) is -0.446. The summed E-state index contributed by atoms with van der Waals surface area (Å²) in [5.41, 5.74) is 3.42. The number of hydrogen-bond donors (Lipinski definition) is 1. The molecule has 2 heterocycles. The number of ether oxygens (including phenoxy) is 1. The molecule has 0 saturated heterocycles. The maximum Gasteiger partial charge on any atom is 0.340 e. The predicted molar refractivity (Wildman–Crippen MR) is 115 cm³/mol.